The Balaban J connectivity index is 1.37. The maximum absolute atomic E-state index is 12.7. The Morgan fingerprint density at radius 1 is 1.17 bits per heavy atom. The van der Waals surface area contributed by atoms with Gasteiger partial charge in [0.1, 0.15) is 0 Å². The highest BCUT2D eigenvalue weighted by atomic mass is 16.6. The molecule has 2 amide bonds. The van der Waals surface area contributed by atoms with Crippen LogP contribution in [-0.2, 0) is 14.3 Å². The van der Waals surface area contributed by atoms with E-state index in [0.29, 0.717) is 37.2 Å². The average molecular weight is 416 g/mol. The number of anilines is 1. The molecule has 1 atom stereocenters. The Kier molecular flexibility index (Phi) is 5.25. The van der Waals surface area contributed by atoms with E-state index in [1.807, 2.05) is 0 Å². The molecule has 0 saturated carbocycles. The number of ether oxygens (including phenoxy) is 1. The Labute approximate surface area is 170 Å². The molecule has 0 bridgehead atoms. The van der Waals surface area contributed by atoms with Crippen LogP contribution in [0.15, 0.2) is 33.6 Å². The van der Waals surface area contributed by atoms with Crippen LogP contribution in [0.5, 0.6) is 0 Å². The summed E-state index contributed by atoms with van der Waals surface area (Å²) in [6.45, 7) is 0.998. The van der Waals surface area contributed by atoms with Crippen LogP contribution in [0.1, 0.15) is 19.3 Å². The topological polar surface area (TPSA) is 146 Å². The highest BCUT2D eigenvalue weighted by Crippen LogP contribution is 2.27. The summed E-state index contributed by atoms with van der Waals surface area (Å²) < 4.78 is 9.75. The van der Waals surface area contributed by atoms with E-state index in [9.17, 15) is 19.2 Å². The van der Waals surface area contributed by atoms with Crippen molar-refractivity contribution < 1.29 is 28.8 Å². The number of cyclic esters (lactones) is 1. The number of carboxylic acids is 1. The first-order valence-electron chi connectivity index (χ1n) is 9.56. The molecule has 2 fully saturated rings. The number of nitrogens with one attached hydrogen (secondary N) is 1. The number of carboxylic acid groups (broad SMARTS) is 1. The second-order valence-corrected chi connectivity index (χ2v) is 7.34. The number of hydrogen-bond acceptors (Lipinski definition) is 7. The van der Waals surface area contributed by atoms with Crippen molar-refractivity contribution in [2.75, 3.05) is 24.5 Å². The number of piperidine rings is 1. The molecular weight excluding hydrogens is 396 g/mol. The second kappa shape index (κ2) is 8.01. The molecule has 30 heavy (non-hydrogen) atoms. The molecular formula is C19H20N4O7. The van der Waals surface area contributed by atoms with Gasteiger partial charge >= 0.3 is 17.8 Å². The third kappa shape index (κ3) is 4.04. The molecule has 3 heterocycles. The van der Waals surface area contributed by atoms with Gasteiger partial charge in [0.15, 0.2) is 11.9 Å². The minimum atomic E-state index is -0.903. The number of benzene rings is 1. The lowest BCUT2D eigenvalue weighted by molar-refractivity contribution is -0.141. The minimum Gasteiger partial charge on any atom is -0.481 e. The molecule has 0 spiro atoms. The number of rotatable bonds is 5. The van der Waals surface area contributed by atoms with Crippen LogP contribution in [0.2, 0.25) is 0 Å². The lowest BCUT2D eigenvalue weighted by Gasteiger charge is -2.32. The summed E-state index contributed by atoms with van der Waals surface area (Å²) in [5.41, 5.74) is 1.15. The molecule has 158 valence electrons. The Morgan fingerprint density at radius 3 is 2.47 bits per heavy atom. The lowest BCUT2D eigenvalue weighted by atomic mass is 9.93. The van der Waals surface area contributed by atoms with E-state index in [1.54, 1.807) is 29.2 Å². The van der Waals surface area contributed by atoms with Gasteiger partial charge in [-0.25, -0.2) is 9.59 Å². The van der Waals surface area contributed by atoms with Crippen LogP contribution >= 0.6 is 0 Å². The molecule has 0 radical (unpaired) electrons. The van der Waals surface area contributed by atoms with Gasteiger partial charge < -0.3 is 14.7 Å². The van der Waals surface area contributed by atoms with Crippen molar-refractivity contribution in [3.05, 3.63) is 34.8 Å². The molecule has 2 aliphatic heterocycles. The monoisotopic (exact) mass is 416 g/mol. The van der Waals surface area contributed by atoms with Crippen molar-refractivity contribution in [2.45, 2.75) is 25.4 Å². The van der Waals surface area contributed by atoms with E-state index in [-0.39, 0.29) is 30.6 Å². The number of likely N-dealkylation sites (tertiary alicyclic amines) is 1. The van der Waals surface area contributed by atoms with Crippen LogP contribution in [-0.4, -0.2) is 63.9 Å². The zero-order valence-corrected chi connectivity index (χ0v) is 15.9. The van der Waals surface area contributed by atoms with Crippen LogP contribution in [0.4, 0.5) is 10.5 Å². The molecule has 2 saturated heterocycles. The summed E-state index contributed by atoms with van der Waals surface area (Å²) in [6.07, 6.45) is -0.175. The van der Waals surface area contributed by atoms with Gasteiger partial charge in [0, 0.05) is 30.8 Å². The molecule has 11 heteroatoms. The zero-order chi connectivity index (χ0) is 21.3. The molecule has 4 rings (SSSR count). The fraction of sp³-hybridized carbons (Fsp3) is 0.421. The van der Waals surface area contributed by atoms with Gasteiger partial charge in [-0.2, -0.15) is 0 Å². The molecule has 0 aliphatic carbocycles. The number of H-pyrrole nitrogens is 1. The van der Waals surface area contributed by atoms with E-state index in [2.05, 4.69) is 14.7 Å². The second-order valence-electron chi connectivity index (χ2n) is 7.34. The van der Waals surface area contributed by atoms with Crippen LogP contribution in [0.25, 0.3) is 11.4 Å². The number of hydrogen-bond donors (Lipinski definition) is 2. The number of amides is 2. The number of aliphatic carboxylic acids is 1. The van der Waals surface area contributed by atoms with Crippen molar-refractivity contribution in [2.24, 2.45) is 5.92 Å². The largest absolute Gasteiger partial charge is 0.481 e. The molecule has 1 aromatic heterocycles. The molecule has 11 nitrogen and oxygen atoms in total. The van der Waals surface area contributed by atoms with Gasteiger partial charge in [-0.3, -0.25) is 24.0 Å². The van der Waals surface area contributed by atoms with Gasteiger partial charge in [0.05, 0.1) is 6.54 Å². The summed E-state index contributed by atoms with van der Waals surface area (Å²) in [4.78, 5) is 52.4. The first-order valence-corrected chi connectivity index (χ1v) is 9.56. The SMILES string of the molecule is O=C(O)CC1CCN(C(=O)C2CN(c3ccc(-c4noc(=O)[nH]4)cc3)C(=O)O2)CC1. The number of aromatic amines is 1. The third-order valence-corrected chi connectivity index (χ3v) is 5.37. The summed E-state index contributed by atoms with van der Waals surface area (Å²) in [6, 6.07) is 6.65. The fourth-order valence-corrected chi connectivity index (χ4v) is 3.76. The van der Waals surface area contributed by atoms with Crippen LogP contribution < -0.4 is 10.7 Å². The highest BCUT2D eigenvalue weighted by Gasteiger charge is 2.40. The van der Waals surface area contributed by atoms with Crippen molar-refractivity contribution in [3.63, 3.8) is 0 Å². The van der Waals surface area contributed by atoms with Crippen molar-refractivity contribution >= 4 is 23.7 Å². The minimum absolute atomic E-state index is 0.0624. The summed E-state index contributed by atoms with van der Waals surface area (Å²) in [5.74, 6) is -1.43. The van der Waals surface area contributed by atoms with E-state index >= 15 is 0 Å². The summed E-state index contributed by atoms with van der Waals surface area (Å²) in [5, 5.41) is 12.5. The van der Waals surface area contributed by atoms with Crippen molar-refractivity contribution in [1.29, 1.82) is 0 Å². The van der Waals surface area contributed by atoms with E-state index in [1.165, 1.54) is 4.90 Å². The molecule has 2 aliphatic rings. The average Bonchev–Trinajstić information content (AvgIpc) is 3.33. The molecule has 2 aromatic rings. The maximum atomic E-state index is 12.7. The Morgan fingerprint density at radius 2 is 1.87 bits per heavy atom. The van der Waals surface area contributed by atoms with Gasteiger partial charge in [0.2, 0.25) is 0 Å². The molecule has 1 unspecified atom stereocenters. The Bertz CT molecular complexity index is 1000. The van der Waals surface area contributed by atoms with Crippen LogP contribution in [0, 0.1) is 5.92 Å². The van der Waals surface area contributed by atoms with Gasteiger partial charge in [-0.15, -0.1) is 0 Å². The number of aromatic nitrogens is 2. The van der Waals surface area contributed by atoms with E-state index in [4.69, 9.17) is 9.84 Å². The molecule has 2 N–H and O–H groups in total. The normalized spacial score (nSPS) is 19.7. The number of carbonyl (C=O) groups is 3. The third-order valence-electron chi connectivity index (χ3n) is 5.37. The van der Waals surface area contributed by atoms with E-state index in [0.717, 1.165) is 0 Å². The quantitative estimate of drug-likeness (QED) is 0.736. The molecule has 1 aromatic carbocycles. The van der Waals surface area contributed by atoms with Gasteiger partial charge in [-0.1, -0.05) is 5.16 Å². The summed E-state index contributed by atoms with van der Waals surface area (Å²) >= 11 is 0. The smallest absolute Gasteiger partial charge is 0.439 e. The predicted molar refractivity (Wildman–Crippen MR) is 102 cm³/mol. The highest BCUT2D eigenvalue weighted by molar-refractivity contribution is 5.95. The van der Waals surface area contributed by atoms with Crippen molar-refractivity contribution in [3.8, 4) is 11.4 Å². The van der Waals surface area contributed by atoms with Crippen molar-refractivity contribution in [1.82, 2.24) is 15.0 Å². The van der Waals surface area contributed by atoms with Gasteiger partial charge in [0.25, 0.3) is 5.91 Å². The number of carbonyl (C=O) groups excluding carboxylic acids is 2. The Hall–Kier alpha value is -3.63. The fourth-order valence-electron chi connectivity index (χ4n) is 3.76. The lowest BCUT2D eigenvalue weighted by Crippen LogP contribution is -2.45. The maximum Gasteiger partial charge on any atom is 0.439 e. The predicted octanol–water partition coefficient (Wildman–Crippen LogP) is 1.07. The number of nitrogens with zero attached hydrogens (tertiary/aromatic N) is 3. The first kappa shape index (κ1) is 19.7. The van der Waals surface area contributed by atoms with Gasteiger partial charge in [-0.05, 0) is 43.0 Å². The van der Waals surface area contributed by atoms with E-state index < -0.39 is 23.9 Å². The summed E-state index contributed by atoms with van der Waals surface area (Å²) in [7, 11) is 0. The standard InChI is InChI=1S/C19H20N4O7/c24-15(25)9-11-5-7-22(8-6-11)17(26)14-10-23(19(28)29-14)13-3-1-12(2-4-13)16-20-18(27)30-21-16/h1-4,11,14H,5-10H2,(H,24,25)(H,20,21,27). The first-order chi connectivity index (χ1) is 14.4. The zero-order valence-electron chi connectivity index (χ0n) is 15.9. The van der Waals surface area contributed by atoms with Crippen LogP contribution in [0.3, 0.4) is 0 Å².